The van der Waals surface area contributed by atoms with E-state index in [0.29, 0.717) is 22.3 Å². The fourth-order valence-corrected chi connectivity index (χ4v) is 5.95. The highest BCUT2D eigenvalue weighted by molar-refractivity contribution is 7.12. The number of carbonyl (C=O) groups is 2. The number of hydrogen-bond acceptors (Lipinski definition) is 7. The molecule has 0 aromatic carbocycles. The van der Waals surface area contributed by atoms with Crippen molar-refractivity contribution in [3.63, 3.8) is 0 Å². The number of ether oxygens (including phenoxy) is 2. The van der Waals surface area contributed by atoms with Crippen LogP contribution in [0.2, 0.25) is 0 Å². The van der Waals surface area contributed by atoms with Gasteiger partial charge in [-0.15, -0.1) is 22.7 Å². The van der Waals surface area contributed by atoms with Gasteiger partial charge in [0.1, 0.15) is 5.60 Å². The third-order valence-electron chi connectivity index (χ3n) is 5.78. The van der Waals surface area contributed by atoms with E-state index in [4.69, 9.17) is 9.47 Å². The average molecular weight is 495 g/mol. The van der Waals surface area contributed by atoms with Crippen LogP contribution in [0.5, 0.6) is 0 Å². The summed E-state index contributed by atoms with van der Waals surface area (Å²) in [5.74, 6) is -0.972. The first-order valence-electron chi connectivity index (χ1n) is 11.3. The van der Waals surface area contributed by atoms with Gasteiger partial charge < -0.3 is 24.8 Å². The molecule has 1 amide bonds. The highest BCUT2D eigenvalue weighted by atomic mass is 32.1. The molecule has 9 heteroatoms. The molecule has 0 aliphatic heterocycles. The number of aliphatic carboxylic acids is 1. The summed E-state index contributed by atoms with van der Waals surface area (Å²) in [5, 5.41) is 16.9. The van der Waals surface area contributed by atoms with Gasteiger partial charge in [-0.2, -0.15) is 0 Å². The molecule has 2 heterocycles. The minimum absolute atomic E-state index is 0.130. The Hall–Kier alpha value is -1.94. The molecule has 0 radical (unpaired) electrons. The van der Waals surface area contributed by atoms with Crippen LogP contribution < -0.4 is 5.32 Å². The summed E-state index contributed by atoms with van der Waals surface area (Å²) in [6.45, 7) is 6.76. The lowest BCUT2D eigenvalue weighted by Gasteiger charge is -2.38. The molecule has 2 aromatic rings. The third kappa shape index (κ3) is 6.56. The number of alkyl carbamates (subject to hydrolysis) is 1. The third-order valence-corrected chi connectivity index (χ3v) is 7.72. The fraction of sp³-hybridized carbons (Fsp3) is 0.583. The van der Waals surface area contributed by atoms with Gasteiger partial charge in [0.05, 0.1) is 15.9 Å². The largest absolute Gasteiger partial charge is 0.479 e. The Kier molecular flexibility index (Phi) is 8.55. The van der Waals surface area contributed by atoms with E-state index in [2.05, 4.69) is 17.3 Å². The van der Waals surface area contributed by atoms with Crippen molar-refractivity contribution in [1.82, 2.24) is 10.2 Å². The van der Waals surface area contributed by atoms with Crippen molar-refractivity contribution in [2.24, 2.45) is 0 Å². The number of carboxylic acids is 1. The number of rotatable bonds is 9. The van der Waals surface area contributed by atoms with Gasteiger partial charge in [0.2, 0.25) is 5.60 Å². The second-order valence-electron chi connectivity index (χ2n) is 9.40. The second kappa shape index (κ2) is 11.0. The molecule has 0 spiro atoms. The van der Waals surface area contributed by atoms with Crippen LogP contribution in [0.4, 0.5) is 4.79 Å². The smallest absolute Gasteiger partial charge is 0.407 e. The summed E-state index contributed by atoms with van der Waals surface area (Å²) in [4.78, 5) is 28.0. The van der Waals surface area contributed by atoms with Crippen molar-refractivity contribution in [3.8, 4) is 0 Å². The number of carboxylic acid groups (broad SMARTS) is 1. The predicted octanol–water partition coefficient (Wildman–Crippen LogP) is 4.92. The van der Waals surface area contributed by atoms with E-state index in [1.807, 2.05) is 55.8 Å². The maximum Gasteiger partial charge on any atom is 0.407 e. The molecule has 3 rings (SSSR count). The summed E-state index contributed by atoms with van der Waals surface area (Å²) in [6, 6.07) is 7.79. The SMILES string of the molecule is CN(CCNC(=O)OC(C)(C)C)C1CCC(OC(C(=O)O)(c2cccs2)c2cccs2)CC1. The van der Waals surface area contributed by atoms with Crippen molar-refractivity contribution < 1.29 is 24.2 Å². The molecule has 2 aromatic heterocycles. The zero-order valence-electron chi connectivity index (χ0n) is 19.7. The maximum atomic E-state index is 12.6. The van der Waals surface area contributed by atoms with E-state index < -0.39 is 23.3 Å². The first kappa shape index (κ1) is 25.7. The number of thiophene rings is 2. The molecular weight excluding hydrogens is 460 g/mol. The molecule has 1 aliphatic carbocycles. The minimum atomic E-state index is -1.46. The molecule has 182 valence electrons. The molecule has 0 unspecified atom stereocenters. The van der Waals surface area contributed by atoms with E-state index in [0.717, 1.165) is 32.2 Å². The van der Waals surface area contributed by atoms with E-state index in [-0.39, 0.29) is 6.10 Å². The molecule has 2 N–H and O–H groups in total. The Balaban J connectivity index is 1.55. The summed E-state index contributed by atoms with van der Waals surface area (Å²) >= 11 is 2.83. The average Bonchev–Trinajstić information content (AvgIpc) is 3.45. The van der Waals surface area contributed by atoms with Gasteiger partial charge >= 0.3 is 12.1 Å². The van der Waals surface area contributed by atoms with Crippen LogP contribution in [0.3, 0.4) is 0 Å². The van der Waals surface area contributed by atoms with Crippen molar-refractivity contribution in [2.75, 3.05) is 20.1 Å². The lowest BCUT2D eigenvalue weighted by atomic mass is 9.90. The Morgan fingerprint density at radius 2 is 1.67 bits per heavy atom. The van der Waals surface area contributed by atoms with Crippen LogP contribution in [-0.4, -0.2) is 60.0 Å². The Morgan fingerprint density at radius 1 is 1.09 bits per heavy atom. The summed E-state index contributed by atoms with van der Waals surface area (Å²) in [7, 11) is 2.06. The minimum Gasteiger partial charge on any atom is -0.479 e. The number of nitrogens with zero attached hydrogens (tertiary/aromatic N) is 1. The van der Waals surface area contributed by atoms with Gasteiger partial charge in [0, 0.05) is 19.1 Å². The van der Waals surface area contributed by atoms with Gasteiger partial charge in [0.15, 0.2) is 0 Å². The van der Waals surface area contributed by atoms with Crippen LogP contribution >= 0.6 is 22.7 Å². The molecule has 7 nitrogen and oxygen atoms in total. The van der Waals surface area contributed by atoms with Crippen molar-refractivity contribution in [3.05, 3.63) is 44.8 Å². The standard InChI is InChI=1S/C24H34N2O5S2/c1-23(2,3)31-22(29)25-13-14-26(4)17-9-11-18(12-10-17)30-24(21(27)28,19-7-5-15-32-19)20-8-6-16-33-20/h5-8,15-18H,9-14H2,1-4H3,(H,25,29)(H,27,28). The van der Waals surface area contributed by atoms with E-state index in [1.165, 1.54) is 22.7 Å². The lowest BCUT2D eigenvalue weighted by molar-refractivity contribution is -0.170. The number of amides is 1. The van der Waals surface area contributed by atoms with Crippen LogP contribution in [0.1, 0.15) is 56.2 Å². The quantitative estimate of drug-likeness (QED) is 0.514. The van der Waals surface area contributed by atoms with Crippen LogP contribution in [0, 0.1) is 0 Å². The van der Waals surface area contributed by atoms with Crippen molar-refractivity contribution in [2.45, 2.75) is 69.8 Å². The summed E-state index contributed by atoms with van der Waals surface area (Å²) < 4.78 is 11.7. The predicted molar refractivity (Wildman–Crippen MR) is 131 cm³/mol. The molecule has 0 saturated heterocycles. The topological polar surface area (TPSA) is 88.1 Å². The van der Waals surface area contributed by atoms with E-state index in [1.54, 1.807) is 0 Å². The molecular formula is C24H34N2O5S2. The molecule has 1 fully saturated rings. The highest BCUT2D eigenvalue weighted by Crippen LogP contribution is 2.42. The fourth-order valence-electron chi connectivity index (χ4n) is 4.14. The molecule has 1 saturated carbocycles. The molecule has 33 heavy (non-hydrogen) atoms. The van der Waals surface area contributed by atoms with Gasteiger partial charge in [0.25, 0.3) is 0 Å². The monoisotopic (exact) mass is 494 g/mol. The molecule has 0 bridgehead atoms. The van der Waals surface area contributed by atoms with Crippen molar-refractivity contribution in [1.29, 1.82) is 0 Å². The summed E-state index contributed by atoms with van der Waals surface area (Å²) in [5.41, 5.74) is -1.96. The van der Waals surface area contributed by atoms with Gasteiger partial charge in [-0.1, -0.05) is 12.1 Å². The van der Waals surface area contributed by atoms with E-state index in [9.17, 15) is 14.7 Å². The van der Waals surface area contributed by atoms with E-state index >= 15 is 0 Å². The zero-order valence-corrected chi connectivity index (χ0v) is 21.3. The first-order chi connectivity index (χ1) is 15.6. The second-order valence-corrected chi connectivity index (χ2v) is 11.3. The van der Waals surface area contributed by atoms with Crippen LogP contribution in [0.25, 0.3) is 0 Å². The lowest BCUT2D eigenvalue weighted by Crippen LogP contribution is -2.45. The molecule has 1 aliphatic rings. The zero-order chi connectivity index (χ0) is 24.1. The number of carbonyl (C=O) groups excluding carboxylic acids is 1. The maximum absolute atomic E-state index is 12.6. The Morgan fingerprint density at radius 3 is 2.12 bits per heavy atom. The van der Waals surface area contributed by atoms with Crippen LogP contribution in [0.15, 0.2) is 35.0 Å². The number of nitrogens with one attached hydrogen (secondary N) is 1. The van der Waals surface area contributed by atoms with Crippen LogP contribution in [-0.2, 0) is 19.9 Å². The number of hydrogen-bond donors (Lipinski definition) is 2. The normalized spacial score (nSPS) is 19.4. The van der Waals surface area contributed by atoms with Gasteiger partial charge in [-0.05, 0) is 76.4 Å². The van der Waals surface area contributed by atoms with Gasteiger partial charge in [-0.3, -0.25) is 0 Å². The molecule has 0 atom stereocenters. The first-order valence-corrected chi connectivity index (χ1v) is 13.0. The summed E-state index contributed by atoms with van der Waals surface area (Å²) in [6.07, 6.45) is 2.88. The highest BCUT2D eigenvalue weighted by Gasteiger charge is 2.48. The number of likely N-dealkylation sites (N-methyl/N-ethyl adjacent to an activating group) is 1. The van der Waals surface area contributed by atoms with Gasteiger partial charge in [-0.25, -0.2) is 9.59 Å². The van der Waals surface area contributed by atoms with Crippen molar-refractivity contribution >= 4 is 34.7 Å². The Labute approximate surface area is 203 Å². The Bertz CT molecular complexity index is 850.